The van der Waals surface area contributed by atoms with Crippen molar-refractivity contribution in [2.24, 2.45) is 11.8 Å². The molecule has 7 nitrogen and oxygen atoms in total. The Bertz CT molecular complexity index is 1590. The molecule has 2 aliphatic rings. The van der Waals surface area contributed by atoms with E-state index in [0.29, 0.717) is 65.6 Å². The Morgan fingerprint density at radius 1 is 1.17 bits per heavy atom. The Kier molecular flexibility index (Phi) is 7.93. The number of carboxylic acid groups (broad SMARTS) is 1. The van der Waals surface area contributed by atoms with Crippen LogP contribution in [0.1, 0.15) is 48.6 Å². The van der Waals surface area contributed by atoms with Crippen molar-refractivity contribution < 1.29 is 27.8 Å². The van der Waals surface area contributed by atoms with Gasteiger partial charge in [0.05, 0.1) is 45.9 Å². The molecule has 5 rings (SSSR count). The average molecular weight is 563 g/mol. The van der Waals surface area contributed by atoms with Crippen LogP contribution in [0.25, 0.3) is 23.4 Å². The molecular weight excluding hydrogens is 533 g/mol. The number of hydrogen-bond donors (Lipinski definition) is 2. The molecule has 3 atom stereocenters. The number of nitrogens with zero attached hydrogens (tertiary/aromatic N) is 3. The lowest BCUT2D eigenvalue weighted by atomic mass is 9.92. The van der Waals surface area contributed by atoms with Crippen molar-refractivity contribution in [1.29, 1.82) is 5.26 Å². The van der Waals surface area contributed by atoms with Crippen LogP contribution in [0.5, 0.6) is 0 Å². The zero-order chi connectivity index (χ0) is 29.2. The summed E-state index contributed by atoms with van der Waals surface area (Å²) in [6.45, 7) is 2.94. The minimum absolute atomic E-state index is 0.0146. The van der Waals surface area contributed by atoms with Crippen molar-refractivity contribution in [3.05, 3.63) is 81.6 Å². The molecule has 0 spiro atoms. The summed E-state index contributed by atoms with van der Waals surface area (Å²) in [7, 11) is 0. The summed E-state index contributed by atoms with van der Waals surface area (Å²) in [4.78, 5) is 20.9. The van der Waals surface area contributed by atoms with Gasteiger partial charge in [0.15, 0.2) is 0 Å². The lowest BCUT2D eigenvalue weighted by Crippen LogP contribution is -2.44. The van der Waals surface area contributed by atoms with Crippen molar-refractivity contribution in [1.82, 2.24) is 15.3 Å². The smallest absolute Gasteiger partial charge is 0.416 e. The van der Waals surface area contributed by atoms with Crippen LogP contribution in [0.15, 0.2) is 48.5 Å². The van der Waals surface area contributed by atoms with Crippen molar-refractivity contribution in [2.45, 2.75) is 51.1 Å². The van der Waals surface area contributed by atoms with E-state index < -0.39 is 23.4 Å². The summed E-state index contributed by atoms with van der Waals surface area (Å²) in [5.74, 6) is -1.01. The first-order valence-corrected chi connectivity index (χ1v) is 13.4. The SMILES string of the molecule is CC(CCc1nc2c(nc1-c1ccc(C(F)(F)F)cc1)=CCC(C1(NCc3ccc(C#N)cc3)CO1)C=2)CC(=O)O. The van der Waals surface area contributed by atoms with Crippen LogP contribution in [-0.2, 0) is 28.7 Å². The van der Waals surface area contributed by atoms with Crippen LogP contribution in [0.2, 0.25) is 0 Å². The number of nitriles is 1. The number of aryl methyl sites for hydroxylation is 1. The van der Waals surface area contributed by atoms with Crippen LogP contribution in [-0.4, -0.2) is 33.4 Å². The van der Waals surface area contributed by atoms with E-state index >= 15 is 0 Å². The van der Waals surface area contributed by atoms with E-state index in [1.807, 2.05) is 31.2 Å². The molecule has 0 amide bonds. The van der Waals surface area contributed by atoms with E-state index in [0.717, 1.165) is 17.7 Å². The molecule has 2 N–H and O–H groups in total. The number of alkyl halides is 3. The Morgan fingerprint density at radius 3 is 2.49 bits per heavy atom. The van der Waals surface area contributed by atoms with Gasteiger partial charge in [0.1, 0.15) is 5.72 Å². The second kappa shape index (κ2) is 11.4. The van der Waals surface area contributed by atoms with Gasteiger partial charge in [0.25, 0.3) is 0 Å². The number of benzene rings is 2. The third kappa shape index (κ3) is 6.64. The minimum atomic E-state index is -4.44. The van der Waals surface area contributed by atoms with Gasteiger partial charge in [-0.3, -0.25) is 10.1 Å². The number of carboxylic acids is 1. The summed E-state index contributed by atoms with van der Waals surface area (Å²) < 4.78 is 45.3. The summed E-state index contributed by atoms with van der Waals surface area (Å²) in [6, 6.07) is 14.3. The molecule has 1 aliphatic carbocycles. The van der Waals surface area contributed by atoms with Crippen LogP contribution in [0.3, 0.4) is 0 Å². The molecule has 1 saturated heterocycles. The van der Waals surface area contributed by atoms with Crippen LogP contribution in [0.4, 0.5) is 13.2 Å². The lowest BCUT2D eigenvalue weighted by Gasteiger charge is -2.23. The molecule has 0 saturated carbocycles. The van der Waals surface area contributed by atoms with Crippen molar-refractivity contribution in [2.75, 3.05) is 6.61 Å². The van der Waals surface area contributed by atoms with E-state index in [9.17, 15) is 18.0 Å². The van der Waals surface area contributed by atoms with Crippen LogP contribution >= 0.6 is 0 Å². The van der Waals surface area contributed by atoms with E-state index in [2.05, 4.69) is 11.4 Å². The summed E-state index contributed by atoms with van der Waals surface area (Å²) in [5.41, 5.74) is 1.97. The normalized spacial score (nSPS) is 20.2. The Labute approximate surface area is 235 Å². The highest BCUT2D eigenvalue weighted by Crippen LogP contribution is 2.37. The minimum Gasteiger partial charge on any atom is -0.481 e. The standard InChI is InChI=1S/C31H29F3N4O3/c1-19(14-28(39)40)2-12-26-29(22-7-9-23(10-8-22)31(32,33)34)38-25-13-11-24(15-27(25)37-26)30(18-41-30)36-17-21-5-3-20(16-35)4-6-21/h3-10,13,15,19,24,36H,2,11-12,14,17-18H2,1H3,(H,39,40). The second-order valence-corrected chi connectivity index (χ2v) is 10.7. The van der Waals surface area contributed by atoms with Crippen molar-refractivity contribution >= 4 is 18.1 Å². The highest BCUT2D eigenvalue weighted by Gasteiger charge is 2.50. The Hall–Kier alpha value is -4.07. The monoisotopic (exact) mass is 562 g/mol. The fourth-order valence-corrected chi connectivity index (χ4v) is 5.07. The first kappa shape index (κ1) is 28.5. The van der Waals surface area contributed by atoms with Gasteiger partial charge in [-0.2, -0.15) is 18.4 Å². The molecule has 1 aromatic heterocycles. The summed E-state index contributed by atoms with van der Waals surface area (Å²) in [5, 5.41) is 23.0. The largest absolute Gasteiger partial charge is 0.481 e. The molecular formula is C31H29F3N4O3. The Balaban J connectivity index is 1.43. The maximum atomic E-state index is 13.1. The number of halogens is 3. The predicted octanol–water partition coefficient (Wildman–Crippen LogP) is 4.17. The van der Waals surface area contributed by atoms with Gasteiger partial charge >= 0.3 is 12.1 Å². The summed E-state index contributed by atoms with van der Waals surface area (Å²) in [6.07, 6.45) is 1.19. The van der Waals surface area contributed by atoms with E-state index in [-0.39, 0.29) is 18.3 Å². The van der Waals surface area contributed by atoms with Gasteiger partial charge in [0.2, 0.25) is 0 Å². The molecule has 2 heterocycles. The van der Waals surface area contributed by atoms with Gasteiger partial charge in [-0.1, -0.05) is 37.3 Å². The van der Waals surface area contributed by atoms with Gasteiger partial charge < -0.3 is 9.84 Å². The first-order chi connectivity index (χ1) is 19.6. The Morgan fingerprint density at radius 2 is 1.88 bits per heavy atom. The third-order valence-corrected chi connectivity index (χ3v) is 7.56. The fourth-order valence-electron chi connectivity index (χ4n) is 5.07. The van der Waals surface area contributed by atoms with Crippen molar-refractivity contribution in [3.63, 3.8) is 0 Å². The quantitative estimate of drug-likeness (QED) is 0.357. The van der Waals surface area contributed by atoms with E-state index in [4.69, 9.17) is 25.1 Å². The van der Waals surface area contributed by atoms with Gasteiger partial charge in [-0.05, 0) is 61.1 Å². The van der Waals surface area contributed by atoms with Crippen molar-refractivity contribution in [3.8, 4) is 17.3 Å². The molecule has 0 radical (unpaired) electrons. The number of aromatic nitrogens is 2. The van der Waals surface area contributed by atoms with E-state index in [1.54, 1.807) is 12.1 Å². The zero-order valence-corrected chi connectivity index (χ0v) is 22.4. The fraction of sp³-hybridized carbons (Fsp3) is 0.355. The number of epoxide rings is 1. The van der Waals surface area contributed by atoms with Gasteiger partial charge in [-0.15, -0.1) is 0 Å². The van der Waals surface area contributed by atoms with Gasteiger partial charge in [0, 0.05) is 24.4 Å². The number of fused-ring (bicyclic) bond motifs is 1. The zero-order valence-electron chi connectivity index (χ0n) is 22.4. The van der Waals surface area contributed by atoms with E-state index in [1.165, 1.54) is 12.1 Å². The third-order valence-electron chi connectivity index (χ3n) is 7.56. The first-order valence-electron chi connectivity index (χ1n) is 13.4. The molecule has 0 bridgehead atoms. The maximum Gasteiger partial charge on any atom is 0.416 e. The number of ether oxygens (including phenoxy) is 1. The number of aliphatic carboxylic acids is 1. The molecule has 2 aromatic carbocycles. The molecule has 212 valence electrons. The molecule has 3 unspecified atom stereocenters. The summed E-state index contributed by atoms with van der Waals surface area (Å²) >= 11 is 0. The highest BCUT2D eigenvalue weighted by molar-refractivity contribution is 5.67. The maximum absolute atomic E-state index is 13.1. The molecule has 10 heteroatoms. The number of rotatable bonds is 10. The lowest BCUT2D eigenvalue weighted by molar-refractivity contribution is -0.138. The topological polar surface area (TPSA) is 111 Å². The molecule has 1 fully saturated rings. The van der Waals surface area contributed by atoms with Gasteiger partial charge in [-0.25, -0.2) is 9.97 Å². The number of carbonyl (C=O) groups is 1. The second-order valence-electron chi connectivity index (χ2n) is 10.7. The number of nitrogens with one attached hydrogen (secondary N) is 1. The average Bonchev–Trinajstić information content (AvgIpc) is 3.75. The molecule has 41 heavy (non-hydrogen) atoms. The molecule has 1 aliphatic heterocycles. The number of hydrogen-bond acceptors (Lipinski definition) is 6. The van der Waals surface area contributed by atoms with Crippen LogP contribution < -0.4 is 16.0 Å². The highest BCUT2D eigenvalue weighted by atomic mass is 19.4. The van der Waals surface area contributed by atoms with Crippen LogP contribution in [0, 0.1) is 23.2 Å². The predicted molar refractivity (Wildman–Crippen MR) is 145 cm³/mol. The molecule has 3 aromatic rings.